The molecule has 3 N–H and O–H groups in total. The average molecular weight is 1190 g/mol. The predicted molar refractivity (Wildman–Crippen MR) is 184 cm³/mol. The van der Waals surface area contributed by atoms with Crippen molar-refractivity contribution in [1.82, 2.24) is 0 Å². The van der Waals surface area contributed by atoms with Gasteiger partial charge in [-0.25, -0.2) is 17.7 Å². The summed E-state index contributed by atoms with van der Waals surface area (Å²) in [5.41, 5.74) is 6.27. The van der Waals surface area contributed by atoms with Crippen LogP contribution in [0.15, 0.2) is 5.11 Å². The molecule has 40 nitrogen and oxygen atoms in total. The van der Waals surface area contributed by atoms with Crippen molar-refractivity contribution in [2.24, 2.45) is 5.11 Å². The van der Waals surface area contributed by atoms with E-state index in [1.54, 1.807) is 6.92 Å². The summed E-state index contributed by atoms with van der Waals surface area (Å²) in [5, 5.41) is 31.9. The Labute approximate surface area is 384 Å². The van der Waals surface area contributed by atoms with E-state index < -0.39 is 143 Å². The largest absolute Gasteiger partial charge is 0.790 e. The molecule has 68 heavy (non-hydrogen) atoms. The van der Waals surface area contributed by atoms with E-state index in [1.165, 1.54) is 13.8 Å². The van der Waals surface area contributed by atoms with Crippen molar-refractivity contribution in [1.29, 1.82) is 0 Å². The highest BCUT2D eigenvalue weighted by molar-refractivity contribution is 7.81. The van der Waals surface area contributed by atoms with Crippen LogP contribution in [0.1, 0.15) is 40.0 Å². The lowest BCUT2D eigenvalue weighted by molar-refractivity contribution is -0.342. The molecule has 3 aliphatic rings. The van der Waals surface area contributed by atoms with E-state index in [0.717, 1.165) is 0 Å². The Morgan fingerprint density at radius 2 is 0.985 bits per heavy atom. The Morgan fingerprint density at radius 1 is 0.603 bits per heavy atom. The van der Waals surface area contributed by atoms with Gasteiger partial charge in [0.05, 0.1) is 73.3 Å². The lowest BCUT2D eigenvalue weighted by Gasteiger charge is -2.38. The zero-order valence-electron chi connectivity index (χ0n) is 33.1. The summed E-state index contributed by atoms with van der Waals surface area (Å²) in [4.78, 5) is 139. The molecule has 3 saturated heterocycles. The van der Waals surface area contributed by atoms with Crippen molar-refractivity contribution in [2.75, 3.05) is 13.2 Å². The first kappa shape index (κ1) is 66.2. The minimum absolute atomic E-state index is 0.0114. The van der Waals surface area contributed by atoms with E-state index in [-0.39, 0.29) is 19.3 Å². The average Bonchev–Trinajstić information content (AvgIpc) is 3.63. The third-order valence-electron chi connectivity index (χ3n) is 6.97. The monoisotopic (exact) mass is 1190 g/mol. The number of hydrogen-bond donors (Lipinski definition) is 4. The summed E-state index contributed by atoms with van der Waals surface area (Å²) >= 11 is 3.89. The van der Waals surface area contributed by atoms with Crippen molar-refractivity contribution in [3.8, 4) is 0 Å². The highest BCUT2D eigenvalue weighted by Gasteiger charge is 2.48. The van der Waals surface area contributed by atoms with Crippen LogP contribution in [0.3, 0.4) is 0 Å². The zero-order chi connectivity index (χ0) is 53.6. The van der Waals surface area contributed by atoms with Gasteiger partial charge in [-0.15, -0.1) is 12.6 Å². The molecule has 0 aromatic carbocycles. The molecule has 0 aromatic heterocycles. The normalized spacial score (nSPS) is 33.0. The second kappa shape index (κ2) is 24.7. The molecule has 15 atom stereocenters. The van der Waals surface area contributed by atoms with E-state index in [1.807, 2.05) is 0 Å². The summed E-state index contributed by atoms with van der Waals surface area (Å²) in [6.07, 6.45) is -7.47. The van der Waals surface area contributed by atoms with Gasteiger partial charge in [0.2, 0.25) is 0 Å². The molecule has 3 fully saturated rings. The Bertz CT molecular complexity index is 2270. The highest BCUT2D eigenvalue weighted by Crippen LogP contribution is 2.63. The van der Waals surface area contributed by atoms with E-state index in [4.69, 9.17) is 19.7 Å². The van der Waals surface area contributed by atoms with Gasteiger partial charge in [-0.05, 0) is 26.3 Å². The summed E-state index contributed by atoms with van der Waals surface area (Å²) in [6, 6.07) is 0. The number of rotatable bonds is 21. The lowest BCUT2D eigenvalue weighted by Crippen LogP contribution is -2.42. The van der Waals surface area contributed by atoms with Crippen molar-refractivity contribution < 1.29 is 174 Å². The molecule has 3 aliphatic heterocycles. The van der Waals surface area contributed by atoms with Gasteiger partial charge in [0.25, 0.3) is 39.1 Å². The third kappa shape index (κ3) is 25.4. The number of phosphoric acid groups is 9. The molecular formula is C18H30N3O37P9S-12. The van der Waals surface area contributed by atoms with E-state index >= 15 is 0 Å². The SMILES string of the molecule is C[C@H]1CC(O)[C@@H](C(=O)OP(=O)([O-])OP(=O)([O-])OP(=O)([O-])[O-])O1.C[C@H]1CC(O)[C@@](S)(COP(=O)([O-])OP(=O)([O-])OP(=O)([O-])[O-])O1.C[C@H]1CC(O)[C@](COP(=O)([O-])OP(=O)([O-])OP(=O)([O-])[O-])(N=[N+]=[N-])O1. The van der Waals surface area contributed by atoms with Gasteiger partial charge >= 0.3 is 13.8 Å². The molecule has 9 unspecified atom stereocenters. The number of hydrogen-bond acceptors (Lipinski definition) is 39. The number of nitrogens with zero attached hydrogens (tertiary/aromatic N) is 3. The molecule has 0 spiro atoms. The molecule has 402 valence electrons. The molecule has 0 radical (unpaired) electrons. The van der Waals surface area contributed by atoms with Crippen LogP contribution in [0.4, 0.5) is 0 Å². The molecule has 0 aliphatic carbocycles. The Morgan fingerprint density at radius 3 is 1.31 bits per heavy atom. The number of phosphoric ester groups is 3. The second-order valence-corrected chi connectivity index (χ2v) is 26.3. The zero-order valence-corrected chi connectivity index (χ0v) is 42.1. The van der Waals surface area contributed by atoms with Gasteiger partial charge in [0.15, 0.2) is 16.8 Å². The summed E-state index contributed by atoms with van der Waals surface area (Å²) in [7, 11) is -53.9. The quantitative estimate of drug-likeness (QED) is 0.0273. The van der Waals surface area contributed by atoms with Crippen LogP contribution in [-0.4, -0.2) is 87.9 Å². The molecule has 0 amide bonds. The Balaban J connectivity index is 0.000000511. The first-order valence-electron chi connectivity index (χ1n) is 16.6. The van der Waals surface area contributed by atoms with Crippen molar-refractivity contribution in [2.45, 2.75) is 93.4 Å². The Hall–Kier alpha value is 0.160. The number of carbonyl (C=O) groups is 1. The van der Waals surface area contributed by atoms with Crippen molar-refractivity contribution in [3.05, 3.63) is 10.4 Å². The number of thiol groups is 1. The molecule has 3 heterocycles. The first-order chi connectivity index (χ1) is 30.1. The number of aliphatic hydroxyl groups excluding tert-OH is 3. The van der Waals surface area contributed by atoms with Gasteiger partial charge in [-0.2, -0.15) is 0 Å². The minimum atomic E-state index is -6.14. The molecule has 0 aromatic rings. The topological polar surface area (TPSA) is 668 Å². The van der Waals surface area contributed by atoms with Crippen LogP contribution < -0.4 is 58.7 Å². The standard InChI is InChI=1S/C6H14N3O12P3.C6H13O13P3.C6H15O12P3S/c1-4-2-5(10)6(19-4,8-9-7)3-18-23(14,15)21-24(16,17)20-22(11,12)13;1-3-2-4(7)5(16-3)6(8)17-21(12,13)19-22(14,15)18-20(9,10)11;1-4-2-5(7)6(22,16-4)3-15-20(11,12)18-21(13,14)17-19(8,9)10/h4-5,10H,2-3H2,1H3,(H,14,15)(H,16,17)(H2,11,12,13);3-5,7H,2H2,1H3,(H,12,13)(H,14,15)(H2,9,10,11);4-5,7,22H,2-3H2,1H3,(H,11,12)(H,13,14)(H2,8,9,10)/p-12/t4-,5?,6+;3-,4?,5-;4-,5?,6-/m000/s1. The van der Waals surface area contributed by atoms with Gasteiger partial charge in [-0.1, -0.05) is 5.11 Å². The maximum Gasteiger partial charge on any atom is 0.343 e. The summed E-state index contributed by atoms with van der Waals surface area (Å²) < 4.78 is 143. The molecule has 0 bridgehead atoms. The van der Waals surface area contributed by atoms with Gasteiger partial charge in [-0.3, -0.25) is 40.3 Å². The molecular weight excluding hydrogens is 1160 g/mol. The fraction of sp³-hybridized carbons (Fsp3) is 0.944. The van der Waals surface area contributed by atoms with Crippen LogP contribution in [0.2, 0.25) is 0 Å². The molecule has 0 saturated carbocycles. The maximum atomic E-state index is 11.4. The van der Waals surface area contributed by atoms with E-state index in [0.29, 0.717) is 0 Å². The maximum absolute atomic E-state index is 11.4. The van der Waals surface area contributed by atoms with Crippen LogP contribution in [-0.2, 0) is 99.5 Å². The van der Waals surface area contributed by atoms with Gasteiger partial charge in [0, 0.05) is 24.2 Å². The molecule has 50 heteroatoms. The van der Waals surface area contributed by atoms with E-state index in [2.05, 4.69) is 62.1 Å². The summed E-state index contributed by atoms with van der Waals surface area (Å²) in [5.74, 6) is -1.69. The van der Waals surface area contributed by atoms with Crippen LogP contribution >= 0.6 is 83.0 Å². The smallest absolute Gasteiger partial charge is 0.343 e. The first-order valence-corrected chi connectivity index (χ1v) is 30.2. The number of carbonyl (C=O) groups excluding carboxylic acids is 1. The predicted octanol–water partition coefficient (Wildman–Crippen LogP) is -7.56. The fourth-order valence-corrected chi connectivity index (χ4v) is 13.8. The number of ether oxygens (including phenoxy) is 3. The summed E-state index contributed by atoms with van der Waals surface area (Å²) in [6.45, 7) is 2.37. The molecule has 3 rings (SSSR count). The van der Waals surface area contributed by atoms with Crippen LogP contribution in [0, 0.1) is 0 Å². The van der Waals surface area contributed by atoms with E-state index in [9.17, 15) is 120 Å². The van der Waals surface area contributed by atoms with Crippen molar-refractivity contribution in [3.63, 3.8) is 0 Å². The lowest BCUT2D eigenvalue weighted by atomic mass is 10.1. The Kier molecular flexibility index (Phi) is 24.0. The fourth-order valence-electron chi connectivity index (χ4n) is 4.82. The highest BCUT2D eigenvalue weighted by atomic mass is 32.1. The minimum Gasteiger partial charge on any atom is -0.790 e. The van der Waals surface area contributed by atoms with Crippen molar-refractivity contribution >= 4 is 89.0 Å². The van der Waals surface area contributed by atoms with Crippen LogP contribution in [0.25, 0.3) is 10.4 Å². The van der Waals surface area contributed by atoms with Gasteiger partial charge in [0.1, 0.15) is 0 Å². The third-order valence-corrected chi connectivity index (χ3v) is 18.4. The second-order valence-electron chi connectivity index (χ2n) is 12.9. The number of aliphatic hydroxyl groups is 3. The van der Waals surface area contributed by atoms with Gasteiger partial charge < -0.3 is 116 Å². The number of azide groups is 1. The van der Waals surface area contributed by atoms with Crippen LogP contribution in [0.5, 0.6) is 0 Å².